The van der Waals surface area contributed by atoms with Crippen molar-refractivity contribution < 1.29 is 9.84 Å². The van der Waals surface area contributed by atoms with Crippen LogP contribution in [0, 0.1) is 0 Å². The minimum atomic E-state index is 0.225. The molecule has 0 unspecified atom stereocenters. The standard InChI is InChI=1S/C14H16N2O2/c1-18-12-5-6-13(14(17)7-12)10-8-15-16(9-10)11-3-2-4-11/h5-9,11,17H,2-4H2,1H3. The zero-order valence-corrected chi connectivity index (χ0v) is 10.3. The van der Waals surface area contributed by atoms with Crippen LogP contribution in [0.15, 0.2) is 30.6 Å². The van der Waals surface area contributed by atoms with Gasteiger partial charge >= 0.3 is 0 Å². The van der Waals surface area contributed by atoms with Crippen molar-refractivity contribution >= 4 is 0 Å². The van der Waals surface area contributed by atoms with Crippen molar-refractivity contribution in [3.8, 4) is 22.6 Å². The van der Waals surface area contributed by atoms with Gasteiger partial charge in [0.15, 0.2) is 0 Å². The smallest absolute Gasteiger partial charge is 0.127 e. The Balaban J connectivity index is 1.91. The Labute approximate surface area is 106 Å². The summed E-state index contributed by atoms with van der Waals surface area (Å²) in [5, 5.41) is 14.4. The molecular weight excluding hydrogens is 228 g/mol. The molecule has 0 bridgehead atoms. The first-order valence-electron chi connectivity index (χ1n) is 6.19. The number of nitrogens with zero attached hydrogens (tertiary/aromatic N) is 2. The van der Waals surface area contributed by atoms with Crippen molar-refractivity contribution in [3.63, 3.8) is 0 Å². The molecule has 0 aliphatic heterocycles. The normalized spacial score (nSPS) is 15.4. The third-order valence-corrected chi connectivity index (χ3v) is 3.57. The lowest BCUT2D eigenvalue weighted by molar-refractivity contribution is 0.289. The van der Waals surface area contributed by atoms with E-state index in [4.69, 9.17) is 4.74 Å². The van der Waals surface area contributed by atoms with Crippen LogP contribution in [0.4, 0.5) is 0 Å². The fraction of sp³-hybridized carbons (Fsp3) is 0.357. The second-order valence-electron chi connectivity index (χ2n) is 4.68. The zero-order valence-electron chi connectivity index (χ0n) is 10.3. The Morgan fingerprint density at radius 2 is 2.22 bits per heavy atom. The molecule has 18 heavy (non-hydrogen) atoms. The molecule has 1 saturated carbocycles. The lowest BCUT2D eigenvalue weighted by Crippen LogP contribution is -2.16. The van der Waals surface area contributed by atoms with Gasteiger partial charge in [-0.3, -0.25) is 4.68 Å². The van der Waals surface area contributed by atoms with Gasteiger partial charge in [-0.05, 0) is 31.4 Å². The van der Waals surface area contributed by atoms with Gasteiger partial charge in [0.05, 0.1) is 19.3 Å². The van der Waals surface area contributed by atoms with Crippen molar-refractivity contribution in [1.29, 1.82) is 0 Å². The molecule has 0 spiro atoms. The van der Waals surface area contributed by atoms with E-state index in [9.17, 15) is 5.11 Å². The third kappa shape index (κ3) is 1.83. The van der Waals surface area contributed by atoms with E-state index in [0.29, 0.717) is 11.8 Å². The molecule has 1 heterocycles. The topological polar surface area (TPSA) is 47.3 Å². The molecule has 2 aromatic rings. The minimum Gasteiger partial charge on any atom is -0.507 e. The molecule has 1 aliphatic carbocycles. The Morgan fingerprint density at radius 3 is 2.83 bits per heavy atom. The zero-order chi connectivity index (χ0) is 12.5. The Bertz CT molecular complexity index is 559. The van der Waals surface area contributed by atoms with Crippen LogP contribution < -0.4 is 4.74 Å². The van der Waals surface area contributed by atoms with Crippen LogP contribution in [0.5, 0.6) is 11.5 Å². The van der Waals surface area contributed by atoms with Gasteiger partial charge in [-0.2, -0.15) is 5.10 Å². The van der Waals surface area contributed by atoms with Gasteiger partial charge in [-0.15, -0.1) is 0 Å². The fourth-order valence-electron chi connectivity index (χ4n) is 2.21. The van der Waals surface area contributed by atoms with E-state index in [1.165, 1.54) is 19.3 Å². The predicted molar refractivity (Wildman–Crippen MR) is 68.8 cm³/mol. The summed E-state index contributed by atoms with van der Waals surface area (Å²) in [7, 11) is 1.59. The number of rotatable bonds is 3. The van der Waals surface area contributed by atoms with E-state index in [2.05, 4.69) is 5.10 Å². The quantitative estimate of drug-likeness (QED) is 0.902. The average Bonchev–Trinajstić information content (AvgIpc) is 2.75. The van der Waals surface area contributed by atoms with Crippen LogP contribution in [0.2, 0.25) is 0 Å². The fourth-order valence-corrected chi connectivity index (χ4v) is 2.21. The Hall–Kier alpha value is -1.97. The summed E-state index contributed by atoms with van der Waals surface area (Å²) in [4.78, 5) is 0. The molecular formula is C14H16N2O2. The molecule has 0 radical (unpaired) electrons. The predicted octanol–water partition coefficient (Wildman–Crippen LogP) is 2.99. The van der Waals surface area contributed by atoms with E-state index < -0.39 is 0 Å². The maximum Gasteiger partial charge on any atom is 0.127 e. The second-order valence-corrected chi connectivity index (χ2v) is 4.68. The van der Waals surface area contributed by atoms with Crippen molar-refractivity contribution in [1.82, 2.24) is 9.78 Å². The van der Waals surface area contributed by atoms with Gasteiger partial charge in [0.1, 0.15) is 11.5 Å². The maximum absolute atomic E-state index is 9.98. The molecule has 1 fully saturated rings. The number of aromatic nitrogens is 2. The number of phenolic OH excluding ortho intramolecular Hbond substituents is 1. The molecule has 0 atom stereocenters. The number of hydrogen-bond acceptors (Lipinski definition) is 3. The molecule has 4 heteroatoms. The summed E-state index contributed by atoms with van der Waals surface area (Å²) in [5.74, 6) is 0.880. The van der Waals surface area contributed by atoms with E-state index in [0.717, 1.165) is 11.1 Å². The lowest BCUT2D eigenvalue weighted by atomic mass is 9.93. The monoisotopic (exact) mass is 244 g/mol. The van der Waals surface area contributed by atoms with Gasteiger partial charge in [-0.25, -0.2) is 0 Å². The largest absolute Gasteiger partial charge is 0.507 e. The van der Waals surface area contributed by atoms with Crippen LogP contribution in [0.3, 0.4) is 0 Å². The number of aromatic hydroxyl groups is 1. The number of hydrogen-bond donors (Lipinski definition) is 1. The van der Waals surface area contributed by atoms with Crippen LogP contribution in [0.25, 0.3) is 11.1 Å². The molecule has 94 valence electrons. The highest BCUT2D eigenvalue weighted by molar-refractivity contribution is 5.70. The molecule has 1 N–H and O–H groups in total. The van der Waals surface area contributed by atoms with Gasteiger partial charge < -0.3 is 9.84 Å². The molecule has 1 aromatic heterocycles. The third-order valence-electron chi connectivity index (χ3n) is 3.57. The van der Waals surface area contributed by atoms with Crippen molar-refractivity contribution in [2.75, 3.05) is 7.11 Å². The molecule has 0 saturated heterocycles. The van der Waals surface area contributed by atoms with Crippen molar-refractivity contribution in [2.45, 2.75) is 25.3 Å². The van der Waals surface area contributed by atoms with Gasteiger partial charge in [0.2, 0.25) is 0 Å². The summed E-state index contributed by atoms with van der Waals surface area (Å²) < 4.78 is 7.08. The highest BCUT2D eigenvalue weighted by Gasteiger charge is 2.20. The summed E-state index contributed by atoms with van der Waals surface area (Å²) in [6.07, 6.45) is 7.50. The molecule has 1 aromatic carbocycles. The first-order chi connectivity index (χ1) is 8.78. The average molecular weight is 244 g/mol. The summed E-state index contributed by atoms with van der Waals surface area (Å²) in [6, 6.07) is 5.86. The summed E-state index contributed by atoms with van der Waals surface area (Å²) >= 11 is 0. The number of methoxy groups -OCH3 is 1. The van der Waals surface area contributed by atoms with E-state index in [-0.39, 0.29) is 5.75 Å². The minimum absolute atomic E-state index is 0.225. The van der Waals surface area contributed by atoms with E-state index in [1.807, 2.05) is 23.0 Å². The van der Waals surface area contributed by atoms with Gasteiger partial charge in [-0.1, -0.05) is 0 Å². The number of phenols is 1. The van der Waals surface area contributed by atoms with E-state index in [1.54, 1.807) is 19.4 Å². The molecule has 3 rings (SSSR count). The van der Waals surface area contributed by atoms with Gasteiger partial charge in [0, 0.05) is 23.4 Å². The van der Waals surface area contributed by atoms with Crippen molar-refractivity contribution in [2.24, 2.45) is 0 Å². The van der Waals surface area contributed by atoms with Crippen molar-refractivity contribution in [3.05, 3.63) is 30.6 Å². The highest BCUT2D eigenvalue weighted by atomic mass is 16.5. The van der Waals surface area contributed by atoms with Crippen LogP contribution in [0.1, 0.15) is 25.3 Å². The second kappa shape index (κ2) is 4.37. The lowest BCUT2D eigenvalue weighted by Gasteiger charge is -2.25. The van der Waals surface area contributed by atoms with E-state index >= 15 is 0 Å². The van der Waals surface area contributed by atoms with Gasteiger partial charge in [0.25, 0.3) is 0 Å². The summed E-state index contributed by atoms with van der Waals surface area (Å²) in [5.41, 5.74) is 1.74. The summed E-state index contributed by atoms with van der Waals surface area (Å²) in [6.45, 7) is 0. The Kier molecular flexibility index (Phi) is 2.70. The number of ether oxygens (including phenoxy) is 1. The molecule has 1 aliphatic rings. The molecule has 0 amide bonds. The SMILES string of the molecule is COc1ccc(-c2cnn(C3CCC3)c2)c(O)c1. The first kappa shape index (κ1) is 11.1. The highest BCUT2D eigenvalue weighted by Crippen LogP contribution is 2.35. The first-order valence-corrected chi connectivity index (χ1v) is 6.19. The number of benzene rings is 1. The van der Waals surface area contributed by atoms with Crippen LogP contribution in [-0.2, 0) is 0 Å². The molecule has 4 nitrogen and oxygen atoms in total. The maximum atomic E-state index is 9.98. The van der Waals surface area contributed by atoms with Crippen LogP contribution in [-0.4, -0.2) is 22.0 Å². The Morgan fingerprint density at radius 1 is 1.39 bits per heavy atom. The van der Waals surface area contributed by atoms with Crippen LogP contribution >= 0.6 is 0 Å².